The highest BCUT2D eigenvalue weighted by Gasteiger charge is 2.30. The molecule has 3 atom stereocenters. The second kappa shape index (κ2) is 7.85. The summed E-state index contributed by atoms with van der Waals surface area (Å²) in [6, 6.07) is 3.75. The Kier molecular flexibility index (Phi) is 5.56. The number of piperazine rings is 1. The Morgan fingerprint density at radius 1 is 1.04 bits per heavy atom. The number of nitrogens with zero attached hydrogens (tertiary/aromatic N) is 3. The minimum Gasteiger partial charge on any atom is -0.335 e. The van der Waals surface area contributed by atoms with Crippen molar-refractivity contribution in [2.24, 2.45) is 11.8 Å². The number of rotatable bonds is 2. The van der Waals surface area contributed by atoms with E-state index < -0.39 is 0 Å². The number of pyridine rings is 1. The Balaban J connectivity index is 1.48. The van der Waals surface area contributed by atoms with Gasteiger partial charge in [-0.25, -0.2) is 4.79 Å². The van der Waals surface area contributed by atoms with Crippen molar-refractivity contribution in [3.63, 3.8) is 0 Å². The van der Waals surface area contributed by atoms with E-state index in [0.29, 0.717) is 37.7 Å². The zero-order chi connectivity index (χ0) is 17.8. The summed E-state index contributed by atoms with van der Waals surface area (Å²) >= 11 is 0. The van der Waals surface area contributed by atoms with Gasteiger partial charge in [-0.2, -0.15) is 0 Å². The van der Waals surface area contributed by atoms with Crippen molar-refractivity contribution < 1.29 is 9.59 Å². The molecular formula is C19H28N4O2. The maximum absolute atomic E-state index is 12.5. The van der Waals surface area contributed by atoms with Gasteiger partial charge in [-0.3, -0.25) is 9.78 Å². The molecule has 0 radical (unpaired) electrons. The first-order valence-corrected chi connectivity index (χ1v) is 9.29. The standard InChI is InChI=1S/C19H28N4O2/c1-14-3-4-17(15(2)13-14)21-19(25)23-11-9-22(10-12-23)18(24)16-5-7-20-8-6-16/h5-8,14-15,17H,3-4,9-13H2,1-2H3,(H,21,25)/t14-,15-,17-/m1/s1. The molecule has 1 N–H and O–H groups in total. The van der Waals surface area contributed by atoms with Crippen LogP contribution in [0.1, 0.15) is 43.5 Å². The summed E-state index contributed by atoms with van der Waals surface area (Å²) in [6.45, 7) is 6.83. The first-order valence-electron chi connectivity index (χ1n) is 9.29. The highest BCUT2D eigenvalue weighted by Crippen LogP contribution is 2.28. The van der Waals surface area contributed by atoms with Crippen molar-refractivity contribution in [1.82, 2.24) is 20.1 Å². The van der Waals surface area contributed by atoms with Crippen molar-refractivity contribution in [2.45, 2.75) is 39.2 Å². The maximum Gasteiger partial charge on any atom is 0.317 e. The van der Waals surface area contributed by atoms with Crippen LogP contribution in [0.2, 0.25) is 0 Å². The highest BCUT2D eigenvalue weighted by molar-refractivity contribution is 5.94. The van der Waals surface area contributed by atoms with Crippen LogP contribution < -0.4 is 5.32 Å². The van der Waals surface area contributed by atoms with Gasteiger partial charge < -0.3 is 15.1 Å². The second-order valence-electron chi connectivity index (χ2n) is 7.47. The van der Waals surface area contributed by atoms with Gasteiger partial charge in [0.2, 0.25) is 0 Å². The van der Waals surface area contributed by atoms with E-state index in [1.807, 2.05) is 9.80 Å². The topological polar surface area (TPSA) is 65.5 Å². The number of carbonyl (C=O) groups is 2. The Morgan fingerprint density at radius 2 is 1.68 bits per heavy atom. The monoisotopic (exact) mass is 344 g/mol. The summed E-state index contributed by atoms with van der Waals surface area (Å²) in [7, 11) is 0. The van der Waals surface area contributed by atoms with E-state index >= 15 is 0 Å². The summed E-state index contributed by atoms with van der Waals surface area (Å²) < 4.78 is 0. The van der Waals surface area contributed by atoms with Gasteiger partial charge in [0.25, 0.3) is 5.91 Å². The molecule has 2 aliphatic rings. The molecule has 25 heavy (non-hydrogen) atoms. The third-order valence-electron chi connectivity index (χ3n) is 5.52. The zero-order valence-corrected chi connectivity index (χ0v) is 15.1. The number of aromatic nitrogens is 1. The Morgan fingerprint density at radius 3 is 2.32 bits per heavy atom. The van der Waals surface area contributed by atoms with Gasteiger partial charge in [-0.05, 0) is 43.2 Å². The van der Waals surface area contributed by atoms with Crippen molar-refractivity contribution in [1.29, 1.82) is 0 Å². The van der Waals surface area contributed by atoms with E-state index in [2.05, 4.69) is 24.1 Å². The lowest BCUT2D eigenvalue weighted by molar-refractivity contribution is 0.0660. The van der Waals surface area contributed by atoms with Crippen LogP contribution in [0.3, 0.4) is 0 Å². The van der Waals surface area contributed by atoms with E-state index in [-0.39, 0.29) is 18.0 Å². The average Bonchev–Trinajstić information content (AvgIpc) is 2.64. The van der Waals surface area contributed by atoms with E-state index in [1.165, 1.54) is 12.8 Å². The SMILES string of the molecule is C[C@@H]1CC[C@@H](NC(=O)N2CCN(C(=O)c3ccncc3)CC2)[C@H](C)C1. The predicted octanol–water partition coefficient (Wildman–Crippen LogP) is 2.37. The number of hydrogen-bond donors (Lipinski definition) is 1. The quantitative estimate of drug-likeness (QED) is 0.896. The molecule has 1 aromatic heterocycles. The molecule has 136 valence electrons. The minimum atomic E-state index is 0.0114. The maximum atomic E-state index is 12.5. The molecule has 1 saturated heterocycles. The van der Waals surface area contributed by atoms with Gasteiger partial charge in [0.15, 0.2) is 0 Å². The molecule has 1 aliphatic heterocycles. The van der Waals surface area contributed by atoms with Crippen LogP contribution in [0.15, 0.2) is 24.5 Å². The summed E-state index contributed by atoms with van der Waals surface area (Å²) in [4.78, 5) is 32.6. The van der Waals surface area contributed by atoms with E-state index in [1.54, 1.807) is 24.5 Å². The van der Waals surface area contributed by atoms with Crippen molar-refractivity contribution in [2.75, 3.05) is 26.2 Å². The van der Waals surface area contributed by atoms with Crippen molar-refractivity contribution >= 4 is 11.9 Å². The van der Waals surface area contributed by atoms with Gasteiger partial charge in [0, 0.05) is 50.2 Å². The van der Waals surface area contributed by atoms with Crippen LogP contribution in [-0.4, -0.2) is 58.9 Å². The van der Waals surface area contributed by atoms with Gasteiger partial charge in [-0.15, -0.1) is 0 Å². The van der Waals surface area contributed by atoms with E-state index in [9.17, 15) is 9.59 Å². The van der Waals surface area contributed by atoms with E-state index in [0.717, 1.165) is 12.3 Å². The van der Waals surface area contributed by atoms with Crippen LogP contribution in [-0.2, 0) is 0 Å². The molecule has 0 aromatic carbocycles. The van der Waals surface area contributed by atoms with Gasteiger partial charge >= 0.3 is 6.03 Å². The first-order chi connectivity index (χ1) is 12.0. The molecule has 2 heterocycles. The second-order valence-corrected chi connectivity index (χ2v) is 7.47. The third-order valence-corrected chi connectivity index (χ3v) is 5.52. The van der Waals surface area contributed by atoms with Gasteiger partial charge in [0.1, 0.15) is 0 Å². The van der Waals surface area contributed by atoms with Crippen LogP contribution in [0.5, 0.6) is 0 Å². The lowest BCUT2D eigenvalue weighted by atomic mass is 9.80. The smallest absolute Gasteiger partial charge is 0.317 e. The Labute approximate surface area is 149 Å². The number of carbonyl (C=O) groups excluding carboxylic acids is 2. The lowest BCUT2D eigenvalue weighted by Gasteiger charge is -2.38. The number of amides is 3. The van der Waals surface area contributed by atoms with Gasteiger partial charge in [0.05, 0.1) is 0 Å². The third kappa shape index (κ3) is 4.30. The average molecular weight is 344 g/mol. The van der Waals surface area contributed by atoms with Crippen LogP contribution >= 0.6 is 0 Å². The summed E-state index contributed by atoms with van der Waals surface area (Å²) in [5, 5.41) is 3.21. The molecule has 0 bridgehead atoms. The summed E-state index contributed by atoms with van der Waals surface area (Å²) in [5.74, 6) is 1.30. The number of nitrogens with one attached hydrogen (secondary N) is 1. The molecular weight excluding hydrogens is 316 g/mol. The molecule has 6 heteroatoms. The molecule has 1 aliphatic carbocycles. The molecule has 1 aromatic rings. The van der Waals surface area contributed by atoms with Crippen LogP contribution in [0.4, 0.5) is 4.79 Å². The van der Waals surface area contributed by atoms with Crippen molar-refractivity contribution in [3.05, 3.63) is 30.1 Å². The van der Waals surface area contributed by atoms with E-state index in [4.69, 9.17) is 0 Å². The fraction of sp³-hybridized carbons (Fsp3) is 0.632. The molecule has 6 nitrogen and oxygen atoms in total. The molecule has 2 fully saturated rings. The predicted molar refractivity (Wildman–Crippen MR) is 96.2 cm³/mol. The molecule has 3 rings (SSSR count). The van der Waals surface area contributed by atoms with Crippen LogP contribution in [0.25, 0.3) is 0 Å². The lowest BCUT2D eigenvalue weighted by Crippen LogP contribution is -2.55. The summed E-state index contributed by atoms with van der Waals surface area (Å²) in [5.41, 5.74) is 0.651. The molecule has 3 amide bonds. The normalized spacial score (nSPS) is 27.0. The first kappa shape index (κ1) is 17.7. The zero-order valence-electron chi connectivity index (χ0n) is 15.1. The van der Waals surface area contributed by atoms with Gasteiger partial charge in [-0.1, -0.05) is 13.8 Å². The number of hydrogen-bond acceptors (Lipinski definition) is 3. The fourth-order valence-electron chi connectivity index (χ4n) is 3.92. The fourth-order valence-corrected chi connectivity index (χ4v) is 3.92. The molecule has 1 saturated carbocycles. The highest BCUT2D eigenvalue weighted by atomic mass is 16.2. The molecule has 0 spiro atoms. The Bertz CT molecular complexity index is 599. The number of urea groups is 1. The molecule has 0 unspecified atom stereocenters. The van der Waals surface area contributed by atoms with Crippen LogP contribution in [0, 0.1) is 11.8 Å². The Hall–Kier alpha value is -2.11. The van der Waals surface area contributed by atoms with Crippen molar-refractivity contribution in [3.8, 4) is 0 Å². The summed E-state index contributed by atoms with van der Waals surface area (Å²) in [6.07, 6.45) is 6.68. The minimum absolute atomic E-state index is 0.0114. The largest absolute Gasteiger partial charge is 0.335 e.